The van der Waals surface area contributed by atoms with Gasteiger partial charge in [0.25, 0.3) is 11.8 Å². The van der Waals surface area contributed by atoms with E-state index in [1.807, 2.05) is 0 Å². The first-order chi connectivity index (χ1) is 9.13. The van der Waals surface area contributed by atoms with E-state index in [2.05, 4.69) is 14.7 Å². The number of hydrogen-bond donors (Lipinski definition) is 1. The van der Waals surface area contributed by atoms with Crippen LogP contribution in [-0.2, 0) is 4.74 Å². The van der Waals surface area contributed by atoms with Crippen LogP contribution in [0, 0.1) is 0 Å². The van der Waals surface area contributed by atoms with Gasteiger partial charge in [-0.05, 0) is 11.4 Å². The summed E-state index contributed by atoms with van der Waals surface area (Å²) in [5.41, 5.74) is 5.05. The molecule has 0 aromatic carbocycles. The Hall–Kier alpha value is -2.48. The van der Waals surface area contributed by atoms with E-state index in [0.29, 0.717) is 0 Å². The van der Waals surface area contributed by atoms with E-state index >= 15 is 0 Å². The quantitative estimate of drug-likeness (QED) is 0.843. The summed E-state index contributed by atoms with van der Waals surface area (Å²) in [6.07, 6.45) is 2.67. The number of carbonyl (C=O) groups excluding carboxylic acids is 2. The minimum absolute atomic E-state index is 0.0569. The zero-order valence-corrected chi connectivity index (χ0v) is 10.6. The maximum Gasteiger partial charge on any atom is 0.351 e. The first kappa shape index (κ1) is 13.0. The highest BCUT2D eigenvalue weighted by molar-refractivity contribution is 7.12. The van der Waals surface area contributed by atoms with Gasteiger partial charge in [0.05, 0.1) is 7.11 Å². The number of nitrogens with two attached hydrogens (primary N) is 1. The van der Waals surface area contributed by atoms with E-state index in [9.17, 15) is 9.59 Å². The number of methoxy groups -OCH3 is 1. The van der Waals surface area contributed by atoms with Crippen molar-refractivity contribution < 1.29 is 19.1 Å². The summed E-state index contributed by atoms with van der Waals surface area (Å²) >= 11 is 1.15. The van der Waals surface area contributed by atoms with Crippen molar-refractivity contribution in [2.45, 2.75) is 0 Å². The van der Waals surface area contributed by atoms with Crippen molar-refractivity contribution in [1.82, 2.24) is 9.97 Å². The monoisotopic (exact) mass is 279 g/mol. The standard InChI is InChI=1S/C11H9N3O4S/c1-17-11(16)8-6(2-5-19-8)18-10-7(9(12)15)13-3-4-14-10/h2-5H,1H3,(H2,12,15). The molecule has 0 unspecified atom stereocenters. The lowest BCUT2D eigenvalue weighted by Crippen LogP contribution is -2.15. The molecule has 1 amide bonds. The van der Waals surface area contributed by atoms with Crippen molar-refractivity contribution in [2.75, 3.05) is 7.11 Å². The summed E-state index contributed by atoms with van der Waals surface area (Å²) in [7, 11) is 1.27. The Labute approximate surface area is 112 Å². The van der Waals surface area contributed by atoms with E-state index in [1.165, 1.54) is 19.5 Å². The molecular formula is C11H9N3O4S. The average molecular weight is 279 g/mol. The number of hydrogen-bond acceptors (Lipinski definition) is 7. The molecule has 0 fully saturated rings. The van der Waals surface area contributed by atoms with Crippen LogP contribution in [0.3, 0.4) is 0 Å². The van der Waals surface area contributed by atoms with Gasteiger partial charge in [0.2, 0.25) is 0 Å². The third-order valence-electron chi connectivity index (χ3n) is 2.10. The summed E-state index contributed by atoms with van der Waals surface area (Å²) in [6.45, 7) is 0. The van der Waals surface area contributed by atoms with Crippen LogP contribution in [0.5, 0.6) is 11.6 Å². The molecule has 19 heavy (non-hydrogen) atoms. The van der Waals surface area contributed by atoms with Crippen molar-refractivity contribution in [2.24, 2.45) is 5.73 Å². The summed E-state index contributed by atoms with van der Waals surface area (Å²) < 4.78 is 10.0. The van der Waals surface area contributed by atoms with Crippen molar-refractivity contribution in [3.63, 3.8) is 0 Å². The van der Waals surface area contributed by atoms with Crippen LogP contribution in [0.4, 0.5) is 0 Å². The molecule has 8 heteroatoms. The van der Waals surface area contributed by atoms with Crippen LogP contribution in [-0.4, -0.2) is 29.0 Å². The maximum atomic E-state index is 11.5. The van der Waals surface area contributed by atoms with Gasteiger partial charge in [-0.25, -0.2) is 14.8 Å². The number of rotatable bonds is 4. The molecule has 0 atom stereocenters. The number of esters is 1. The fourth-order valence-corrected chi connectivity index (χ4v) is 2.03. The van der Waals surface area contributed by atoms with Gasteiger partial charge in [0, 0.05) is 12.4 Å². The summed E-state index contributed by atoms with van der Waals surface area (Å²) in [5, 5.41) is 1.65. The Bertz CT molecular complexity index is 626. The molecule has 2 aromatic heterocycles. The smallest absolute Gasteiger partial charge is 0.351 e. The molecule has 2 N–H and O–H groups in total. The number of primary amides is 1. The number of ether oxygens (including phenoxy) is 2. The van der Waals surface area contributed by atoms with Gasteiger partial charge in [-0.1, -0.05) is 0 Å². The third-order valence-corrected chi connectivity index (χ3v) is 2.98. The second-order valence-electron chi connectivity index (χ2n) is 3.28. The highest BCUT2D eigenvalue weighted by Crippen LogP contribution is 2.30. The van der Waals surface area contributed by atoms with Gasteiger partial charge in [0.1, 0.15) is 0 Å². The minimum Gasteiger partial charge on any atom is -0.465 e. The largest absolute Gasteiger partial charge is 0.465 e. The molecule has 7 nitrogen and oxygen atoms in total. The van der Waals surface area contributed by atoms with Crippen LogP contribution >= 0.6 is 11.3 Å². The second-order valence-corrected chi connectivity index (χ2v) is 4.20. The molecule has 0 saturated carbocycles. The molecule has 0 aliphatic rings. The number of thiophene rings is 1. The van der Waals surface area contributed by atoms with Gasteiger partial charge in [-0.3, -0.25) is 4.79 Å². The summed E-state index contributed by atoms with van der Waals surface area (Å²) in [5.74, 6) is -1.12. The lowest BCUT2D eigenvalue weighted by atomic mass is 10.4. The van der Waals surface area contributed by atoms with Crippen molar-refractivity contribution in [3.05, 3.63) is 34.4 Å². The Morgan fingerprint density at radius 3 is 2.74 bits per heavy atom. The van der Waals surface area contributed by atoms with Gasteiger partial charge in [-0.2, -0.15) is 0 Å². The van der Waals surface area contributed by atoms with Gasteiger partial charge in [-0.15, -0.1) is 11.3 Å². The molecule has 2 aromatic rings. The highest BCUT2D eigenvalue weighted by atomic mass is 32.1. The van der Waals surface area contributed by atoms with Crippen LogP contribution in [0.2, 0.25) is 0 Å². The average Bonchev–Trinajstić information content (AvgIpc) is 2.86. The molecule has 2 rings (SSSR count). The number of nitrogens with zero attached hydrogens (tertiary/aromatic N) is 2. The van der Waals surface area contributed by atoms with Crippen molar-refractivity contribution >= 4 is 23.2 Å². The number of amides is 1. The molecule has 0 radical (unpaired) electrons. The van der Waals surface area contributed by atoms with E-state index < -0.39 is 11.9 Å². The van der Waals surface area contributed by atoms with E-state index in [-0.39, 0.29) is 22.2 Å². The molecule has 0 spiro atoms. The fourth-order valence-electron chi connectivity index (χ4n) is 1.29. The lowest BCUT2D eigenvalue weighted by molar-refractivity contribution is 0.0603. The summed E-state index contributed by atoms with van der Waals surface area (Å²) in [6, 6.07) is 1.57. The second kappa shape index (κ2) is 5.44. The molecular weight excluding hydrogens is 270 g/mol. The van der Waals surface area contributed by atoms with E-state index in [0.717, 1.165) is 11.3 Å². The topological polar surface area (TPSA) is 104 Å². The molecule has 0 aliphatic carbocycles. The molecule has 0 aliphatic heterocycles. The van der Waals surface area contributed by atoms with E-state index in [4.69, 9.17) is 10.5 Å². The first-order valence-corrected chi connectivity index (χ1v) is 5.96. The van der Waals surface area contributed by atoms with E-state index in [1.54, 1.807) is 11.4 Å². The Balaban J connectivity index is 2.35. The number of carbonyl (C=O) groups is 2. The fraction of sp³-hybridized carbons (Fsp3) is 0.0909. The van der Waals surface area contributed by atoms with Crippen molar-refractivity contribution in [1.29, 1.82) is 0 Å². The number of aromatic nitrogens is 2. The van der Waals surface area contributed by atoms with Crippen LogP contribution < -0.4 is 10.5 Å². The molecule has 2 heterocycles. The molecule has 0 saturated heterocycles. The van der Waals surface area contributed by atoms with Crippen LogP contribution in [0.15, 0.2) is 23.8 Å². The molecule has 0 bridgehead atoms. The van der Waals surface area contributed by atoms with Crippen LogP contribution in [0.25, 0.3) is 0 Å². The first-order valence-electron chi connectivity index (χ1n) is 5.08. The Morgan fingerprint density at radius 2 is 2.05 bits per heavy atom. The third kappa shape index (κ3) is 2.68. The van der Waals surface area contributed by atoms with Gasteiger partial charge >= 0.3 is 5.97 Å². The van der Waals surface area contributed by atoms with Gasteiger partial charge < -0.3 is 15.2 Å². The van der Waals surface area contributed by atoms with Gasteiger partial charge in [0.15, 0.2) is 16.3 Å². The van der Waals surface area contributed by atoms with Crippen molar-refractivity contribution in [3.8, 4) is 11.6 Å². The minimum atomic E-state index is -0.766. The molecule has 98 valence electrons. The Kier molecular flexibility index (Phi) is 3.71. The SMILES string of the molecule is COC(=O)c1sccc1Oc1nccnc1C(N)=O. The lowest BCUT2D eigenvalue weighted by Gasteiger charge is -2.06. The Morgan fingerprint density at radius 1 is 1.32 bits per heavy atom. The highest BCUT2D eigenvalue weighted by Gasteiger charge is 2.19. The normalized spacial score (nSPS) is 9.95. The predicted octanol–water partition coefficient (Wildman–Crippen LogP) is 1.22. The zero-order valence-electron chi connectivity index (χ0n) is 9.82. The summed E-state index contributed by atoms with van der Waals surface area (Å²) in [4.78, 5) is 30.6. The maximum absolute atomic E-state index is 11.5. The predicted molar refractivity (Wildman–Crippen MR) is 66.3 cm³/mol. The zero-order chi connectivity index (χ0) is 13.8. The van der Waals surface area contributed by atoms with Crippen LogP contribution in [0.1, 0.15) is 20.2 Å².